The van der Waals surface area contributed by atoms with Gasteiger partial charge in [0.2, 0.25) is 0 Å². The van der Waals surface area contributed by atoms with Crippen LogP contribution in [0.5, 0.6) is 0 Å². The number of hydrogen-bond acceptors (Lipinski definition) is 2. The van der Waals surface area contributed by atoms with Gasteiger partial charge in [-0.1, -0.05) is 273 Å². The average Bonchev–Trinajstić information content (AvgIpc) is 1.70. The molecule has 13 aromatic carbocycles. The summed E-state index contributed by atoms with van der Waals surface area (Å²) in [5, 5.41) is 9.91. The van der Waals surface area contributed by atoms with E-state index in [9.17, 15) is 0 Å². The van der Waals surface area contributed by atoms with Gasteiger partial charge in [-0.2, -0.15) is 0 Å². The van der Waals surface area contributed by atoms with E-state index in [1.54, 1.807) is 5.57 Å². The molecule has 6 aliphatic rings. The fourth-order valence-electron chi connectivity index (χ4n) is 19.2. The van der Waals surface area contributed by atoms with Crippen molar-refractivity contribution in [3.05, 3.63) is 321 Å². The van der Waals surface area contributed by atoms with E-state index in [2.05, 4.69) is 345 Å². The molecule has 0 amide bonds. The largest absolute Gasteiger partial charge is 0.332 e. The summed E-state index contributed by atoms with van der Waals surface area (Å²) in [7, 11) is 0. The smallest absolute Gasteiger partial charge is 0.0649 e. The minimum absolute atomic E-state index is 0.108. The first-order valence-corrected chi connectivity index (χ1v) is 35.2. The van der Waals surface area contributed by atoms with Crippen molar-refractivity contribution >= 4 is 78.5 Å². The summed E-state index contributed by atoms with van der Waals surface area (Å²) < 4.78 is 0. The third-order valence-electron chi connectivity index (χ3n) is 24.1. The van der Waals surface area contributed by atoms with E-state index in [1.165, 1.54) is 160 Å². The van der Waals surface area contributed by atoms with Gasteiger partial charge in [0.05, 0.1) is 5.54 Å². The van der Waals surface area contributed by atoms with E-state index in [-0.39, 0.29) is 21.7 Å². The molecule has 2 heteroatoms. The van der Waals surface area contributed by atoms with Crippen molar-refractivity contribution in [3.8, 4) is 55.6 Å². The van der Waals surface area contributed by atoms with Gasteiger partial charge in [-0.05, 0) is 235 Å². The summed E-state index contributed by atoms with van der Waals surface area (Å²) in [6.07, 6.45) is 13.1. The molecule has 0 heterocycles. The van der Waals surface area contributed by atoms with Crippen molar-refractivity contribution in [2.45, 2.75) is 109 Å². The van der Waals surface area contributed by atoms with Gasteiger partial charge in [-0.15, -0.1) is 0 Å². The van der Waals surface area contributed by atoms with Crippen molar-refractivity contribution < 1.29 is 0 Å². The summed E-state index contributed by atoms with van der Waals surface area (Å²) in [5.74, 6) is 0. The lowest BCUT2D eigenvalue weighted by Crippen LogP contribution is -2.48. The number of allylic oxidation sites excluding steroid dienone is 4. The Labute approximate surface area is 570 Å². The van der Waals surface area contributed by atoms with Crippen LogP contribution in [0.15, 0.2) is 266 Å². The SMILES string of the molecule is CC1(C)C2=C(C=CCC2)c2ccc(N(c3ccc4c(c3)C(C)(C)c3ccccc3-4)C3(C)C=c4c(-c5cccc6ccccc56)c5ccc(N(c6ccc7c(c6)C(C)(C)c6ccccc6-7)c6ccc7c(c6)C(C)(C)c6ccccc6-7)cc5c(-c5cccc6ccccc56)c4=CC3)cc21. The molecule has 0 radical (unpaired) electrons. The van der Waals surface area contributed by atoms with Crippen LogP contribution in [0.1, 0.15) is 126 Å². The molecule has 1 unspecified atom stereocenters. The maximum absolute atomic E-state index is 2.73. The molecule has 0 saturated carbocycles. The van der Waals surface area contributed by atoms with Gasteiger partial charge >= 0.3 is 0 Å². The third kappa shape index (κ3) is 8.20. The Kier molecular flexibility index (Phi) is 12.2. The van der Waals surface area contributed by atoms with Crippen LogP contribution in [-0.2, 0) is 21.7 Å². The van der Waals surface area contributed by atoms with Gasteiger partial charge in [0.25, 0.3) is 0 Å². The predicted octanol–water partition coefficient (Wildman–Crippen LogP) is 23.8. The van der Waals surface area contributed by atoms with Gasteiger partial charge in [0.1, 0.15) is 0 Å². The van der Waals surface area contributed by atoms with Crippen LogP contribution in [0, 0.1) is 0 Å². The molecule has 2 nitrogen and oxygen atoms in total. The number of nitrogens with zero attached hydrogens (tertiary/aromatic N) is 2. The highest BCUT2D eigenvalue weighted by Crippen LogP contribution is 2.57. The van der Waals surface area contributed by atoms with Crippen molar-refractivity contribution in [1.82, 2.24) is 0 Å². The van der Waals surface area contributed by atoms with Crippen molar-refractivity contribution in [3.63, 3.8) is 0 Å². The fraction of sp³-hybridized carbons (Fsp3) is 0.179. The minimum Gasteiger partial charge on any atom is -0.332 e. The molecule has 0 bridgehead atoms. The maximum Gasteiger partial charge on any atom is 0.0649 e. The second kappa shape index (κ2) is 20.5. The molecule has 19 rings (SSSR count). The lowest BCUT2D eigenvalue weighted by Gasteiger charge is -2.43. The first-order chi connectivity index (χ1) is 47.0. The summed E-state index contributed by atoms with van der Waals surface area (Å²) in [4.78, 5) is 5.31. The number of rotatable bonds is 8. The molecule has 0 spiro atoms. The zero-order valence-electron chi connectivity index (χ0n) is 57.0. The standard InChI is InChI=1S/C95H78N2/c1-91(2)81-36-18-14-30-67(81)71-45-40-61(53-85(71)91)96(62-41-46-72-68-31-15-19-37-82(68)92(3,4)86(72)54-62)60-42-49-77-79(52-60)89(75-34-22-26-58-24-10-12-28-65(58)75)78-50-51-95(9,57-80(78)90(77)76-35-23-27-59-25-11-13-29-66(59)76)97(63-43-47-73-69-32-16-20-38-83(69)93(5,6)87(73)55-63)64-44-48-74-70-33-17-21-39-84(70)94(7,8)88(74)56-64/h10-20,22-38,40-50,52-57H,21,39,51H2,1-9H3. The van der Waals surface area contributed by atoms with E-state index in [1.807, 2.05) is 0 Å². The predicted molar refractivity (Wildman–Crippen MR) is 412 cm³/mol. The van der Waals surface area contributed by atoms with E-state index in [0.717, 1.165) is 36.3 Å². The molecule has 0 aliphatic heterocycles. The topological polar surface area (TPSA) is 6.48 Å². The van der Waals surface area contributed by atoms with Gasteiger partial charge in [0, 0.05) is 50.1 Å². The van der Waals surface area contributed by atoms with Crippen LogP contribution in [-0.4, -0.2) is 5.54 Å². The number of hydrogen-bond donors (Lipinski definition) is 0. The molecule has 468 valence electrons. The van der Waals surface area contributed by atoms with Gasteiger partial charge < -0.3 is 9.80 Å². The number of anilines is 5. The quantitative estimate of drug-likeness (QED) is 0.150. The molecule has 0 saturated heterocycles. The summed E-state index contributed by atoms with van der Waals surface area (Å²) >= 11 is 0. The summed E-state index contributed by atoms with van der Waals surface area (Å²) in [5.41, 5.74) is 31.5. The molecule has 0 fully saturated rings. The van der Waals surface area contributed by atoms with Crippen LogP contribution < -0.4 is 20.2 Å². The van der Waals surface area contributed by atoms with E-state index in [4.69, 9.17) is 0 Å². The zero-order valence-corrected chi connectivity index (χ0v) is 57.0. The molecule has 0 aromatic heterocycles. The molecule has 6 aliphatic carbocycles. The first-order valence-electron chi connectivity index (χ1n) is 35.2. The fourth-order valence-corrected chi connectivity index (χ4v) is 19.2. The third-order valence-corrected chi connectivity index (χ3v) is 24.1. The van der Waals surface area contributed by atoms with Crippen molar-refractivity contribution in [2.75, 3.05) is 9.80 Å². The Morgan fingerprint density at radius 2 is 0.711 bits per heavy atom. The van der Waals surface area contributed by atoms with Gasteiger partial charge in [0.15, 0.2) is 0 Å². The van der Waals surface area contributed by atoms with Crippen LogP contribution in [0.25, 0.3) is 106 Å². The summed E-state index contributed by atoms with van der Waals surface area (Å²) in [6.45, 7) is 21.9. The Hall–Kier alpha value is -10.5. The summed E-state index contributed by atoms with van der Waals surface area (Å²) in [6, 6.07) is 96.1. The normalized spacial score (nSPS) is 17.9. The van der Waals surface area contributed by atoms with Crippen LogP contribution >= 0.6 is 0 Å². The van der Waals surface area contributed by atoms with E-state index < -0.39 is 5.54 Å². The Morgan fingerprint density at radius 3 is 1.25 bits per heavy atom. The lowest BCUT2D eigenvalue weighted by atomic mass is 9.78. The van der Waals surface area contributed by atoms with E-state index >= 15 is 0 Å². The molecule has 97 heavy (non-hydrogen) atoms. The Bertz CT molecular complexity index is 5720. The van der Waals surface area contributed by atoms with Gasteiger partial charge in [-0.3, -0.25) is 0 Å². The Morgan fingerprint density at radius 1 is 0.309 bits per heavy atom. The second-order valence-corrected chi connectivity index (χ2v) is 30.8. The number of benzene rings is 13. The molecular formula is C95H78N2. The Balaban J connectivity index is 0.901. The van der Waals surface area contributed by atoms with Crippen molar-refractivity contribution in [2.24, 2.45) is 0 Å². The first kappa shape index (κ1) is 57.9. The lowest BCUT2D eigenvalue weighted by molar-refractivity contribution is 0.600. The zero-order chi connectivity index (χ0) is 65.6. The van der Waals surface area contributed by atoms with Crippen LogP contribution in [0.3, 0.4) is 0 Å². The highest BCUT2D eigenvalue weighted by Gasteiger charge is 2.43. The molecule has 0 N–H and O–H groups in total. The monoisotopic (exact) mass is 1250 g/mol. The van der Waals surface area contributed by atoms with Crippen LogP contribution in [0.4, 0.5) is 28.4 Å². The van der Waals surface area contributed by atoms with Crippen LogP contribution in [0.2, 0.25) is 0 Å². The maximum atomic E-state index is 2.73. The minimum atomic E-state index is -0.567. The molecule has 13 aromatic rings. The highest BCUT2D eigenvalue weighted by molar-refractivity contribution is 6.14. The molecule has 1 atom stereocenters. The van der Waals surface area contributed by atoms with Gasteiger partial charge in [-0.25, -0.2) is 0 Å². The van der Waals surface area contributed by atoms with E-state index in [0.29, 0.717) is 0 Å². The van der Waals surface area contributed by atoms with Crippen molar-refractivity contribution in [1.29, 1.82) is 0 Å². The average molecular weight is 1250 g/mol. The highest BCUT2D eigenvalue weighted by atomic mass is 15.2. The second-order valence-electron chi connectivity index (χ2n) is 30.8. The number of fused-ring (bicyclic) bond motifs is 15. The molecular weight excluding hydrogens is 1170 g/mol.